The van der Waals surface area contributed by atoms with E-state index in [1.165, 1.54) is 7.05 Å². The predicted octanol–water partition coefficient (Wildman–Crippen LogP) is 3.57. The van der Waals surface area contributed by atoms with Gasteiger partial charge < -0.3 is 19.8 Å². The molecule has 0 atom stereocenters. The van der Waals surface area contributed by atoms with E-state index in [9.17, 15) is 9.59 Å². The van der Waals surface area contributed by atoms with Gasteiger partial charge in [-0.3, -0.25) is 9.59 Å². The smallest absolute Gasteiger partial charge is 0.291 e. The van der Waals surface area contributed by atoms with E-state index in [2.05, 4.69) is 26.6 Å². The number of fused-ring (bicyclic) bond motifs is 1. The Balaban J connectivity index is 1.72. The van der Waals surface area contributed by atoms with E-state index >= 15 is 0 Å². The van der Waals surface area contributed by atoms with E-state index in [1.807, 2.05) is 12.1 Å². The highest BCUT2D eigenvalue weighted by Gasteiger charge is 2.13. The van der Waals surface area contributed by atoms with Gasteiger partial charge in [-0.1, -0.05) is 22.0 Å². The lowest BCUT2D eigenvalue weighted by Gasteiger charge is -2.08. The Morgan fingerprint density at radius 2 is 2.00 bits per heavy atom. The second kappa shape index (κ2) is 7.40. The molecule has 0 aliphatic carbocycles. The summed E-state index contributed by atoms with van der Waals surface area (Å²) in [5.41, 5.74) is 1.18. The van der Waals surface area contributed by atoms with Crippen molar-refractivity contribution in [2.24, 2.45) is 0 Å². The Kier molecular flexibility index (Phi) is 5.04. The fourth-order valence-electron chi connectivity index (χ4n) is 2.20. The highest BCUT2D eigenvalue weighted by atomic mass is 79.9. The highest BCUT2D eigenvalue weighted by molar-refractivity contribution is 9.10. The van der Waals surface area contributed by atoms with Crippen LogP contribution in [0, 0.1) is 0 Å². The lowest BCUT2D eigenvalue weighted by molar-refractivity contribution is -0.122. The van der Waals surface area contributed by atoms with E-state index in [-0.39, 0.29) is 24.2 Å². The van der Waals surface area contributed by atoms with Crippen molar-refractivity contribution in [2.75, 3.05) is 19.0 Å². The largest absolute Gasteiger partial charge is 0.484 e. The Bertz CT molecular complexity index is 936. The Morgan fingerprint density at radius 1 is 1.16 bits per heavy atom. The fraction of sp³-hybridized carbons (Fsp3) is 0.111. The van der Waals surface area contributed by atoms with Crippen molar-refractivity contribution in [1.82, 2.24) is 5.32 Å². The zero-order chi connectivity index (χ0) is 17.8. The van der Waals surface area contributed by atoms with Crippen molar-refractivity contribution < 1.29 is 18.7 Å². The number of benzene rings is 2. The van der Waals surface area contributed by atoms with Gasteiger partial charge in [-0.15, -0.1) is 0 Å². The zero-order valence-electron chi connectivity index (χ0n) is 13.3. The molecule has 0 saturated heterocycles. The summed E-state index contributed by atoms with van der Waals surface area (Å²) < 4.78 is 11.8. The first-order chi connectivity index (χ1) is 12.0. The maximum absolute atomic E-state index is 12.4. The lowest BCUT2D eigenvalue weighted by Crippen LogP contribution is -2.24. The molecular formula is C18H15BrN2O4. The van der Waals surface area contributed by atoms with Crippen molar-refractivity contribution >= 4 is 44.4 Å². The molecule has 0 spiro atoms. The van der Waals surface area contributed by atoms with Gasteiger partial charge in [0.1, 0.15) is 11.3 Å². The molecule has 3 aromatic rings. The molecule has 0 aliphatic rings. The van der Waals surface area contributed by atoms with Gasteiger partial charge >= 0.3 is 0 Å². The summed E-state index contributed by atoms with van der Waals surface area (Å²) in [6, 6.07) is 14.0. The summed E-state index contributed by atoms with van der Waals surface area (Å²) >= 11 is 3.39. The van der Waals surface area contributed by atoms with E-state index in [0.717, 1.165) is 9.86 Å². The number of carbonyl (C=O) groups excluding carboxylic acids is 2. The van der Waals surface area contributed by atoms with Crippen LogP contribution in [0.25, 0.3) is 11.0 Å². The molecule has 0 radical (unpaired) electrons. The van der Waals surface area contributed by atoms with E-state index < -0.39 is 0 Å². The van der Waals surface area contributed by atoms with Crippen LogP contribution >= 0.6 is 15.9 Å². The molecule has 7 heteroatoms. The molecule has 6 nitrogen and oxygen atoms in total. The third kappa shape index (κ3) is 4.19. The Labute approximate surface area is 152 Å². The van der Waals surface area contributed by atoms with Gasteiger partial charge in [0.15, 0.2) is 12.4 Å². The molecule has 1 aromatic heterocycles. The van der Waals surface area contributed by atoms with Crippen LogP contribution in [-0.2, 0) is 4.79 Å². The van der Waals surface area contributed by atoms with Crippen molar-refractivity contribution in [1.29, 1.82) is 0 Å². The zero-order valence-corrected chi connectivity index (χ0v) is 14.9. The number of anilines is 1. The average molecular weight is 403 g/mol. The number of hydrogen-bond acceptors (Lipinski definition) is 4. The summed E-state index contributed by atoms with van der Waals surface area (Å²) in [6.07, 6.45) is 0. The first-order valence-corrected chi connectivity index (χ1v) is 8.28. The summed E-state index contributed by atoms with van der Waals surface area (Å²) in [7, 11) is 1.54. The van der Waals surface area contributed by atoms with E-state index in [4.69, 9.17) is 9.15 Å². The maximum Gasteiger partial charge on any atom is 0.291 e. The van der Waals surface area contributed by atoms with Crippen molar-refractivity contribution in [3.63, 3.8) is 0 Å². The molecule has 0 saturated carbocycles. The second-order valence-corrected chi connectivity index (χ2v) is 6.15. The third-order valence-corrected chi connectivity index (χ3v) is 3.94. The minimum Gasteiger partial charge on any atom is -0.484 e. The quantitative estimate of drug-likeness (QED) is 0.683. The fourth-order valence-corrected chi connectivity index (χ4v) is 2.58. The predicted molar refractivity (Wildman–Crippen MR) is 97.9 cm³/mol. The number of nitrogens with one attached hydrogen (secondary N) is 2. The average Bonchev–Trinajstić information content (AvgIpc) is 3.03. The number of carbonyl (C=O) groups is 2. The van der Waals surface area contributed by atoms with Crippen LogP contribution in [0.3, 0.4) is 0 Å². The molecule has 0 aliphatic heterocycles. The van der Waals surface area contributed by atoms with Crippen LogP contribution < -0.4 is 15.4 Å². The summed E-state index contributed by atoms with van der Waals surface area (Å²) in [5, 5.41) is 6.06. The number of likely N-dealkylation sites (N-methyl/N-ethyl adjacent to an activating group) is 1. The lowest BCUT2D eigenvalue weighted by atomic mass is 10.2. The number of halogens is 1. The van der Waals surface area contributed by atoms with Crippen LogP contribution in [-0.4, -0.2) is 25.5 Å². The van der Waals surface area contributed by atoms with Crippen molar-refractivity contribution in [3.05, 3.63) is 58.8 Å². The van der Waals surface area contributed by atoms with Gasteiger partial charge in [0.2, 0.25) is 0 Å². The standard InChI is InChI=1S/C18H15BrN2O4/c1-20-17(22)10-24-14-4-2-3-13(9-14)21-18(23)16-8-11-7-12(19)5-6-15(11)25-16/h2-9H,10H2,1H3,(H,20,22)(H,21,23). The molecule has 1 heterocycles. The van der Waals surface area contributed by atoms with Gasteiger partial charge in [0, 0.05) is 28.7 Å². The second-order valence-electron chi connectivity index (χ2n) is 5.24. The van der Waals surface area contributed by atoms with Crippen LogP contribution in [0.2, 0.25) is 0 Å². The molecule has 2 aromatic carbocycles. The maximum atomic E-state index is 12.4. The van der Waals surface area contributed by atoms with Crippen molar-refractivity contribution in [2.45, 2.75) is 0 Å². The molecule has 128 valence electrons. The van der Waals surface area contributed by atoms with Gasteiger partial charge in [-0.05, 0) is 36.4 Å². The first kappa shape index (κ1) is 17.0. The number of ether oxygens (including phenoxy) is 1. The monoisotopic (exact) mass is 402 g/mol. The van der Waals surface area contributed by atoms with E-state index in [0.29, 0.717) is 17.0 Å². The summed E-state index contributed by atoms with van der Waals surface area (Å²) in [4.78, 5) is 23.6. The first-order valence-electron chi connectivity index (χ1n) is 7.49. The molecule has 2 amide bonds. The normalized spacial score (nSPS) is 10.5. The molecule has 0 unspecified atom stereocenters. The van der Waals surface area contributed by atoms with Gasteiger partial charge in [-0.2, -0.15) is 0 Å². The molecule has 2 N–H and O–H groups in total. The Morgan fingerprint density at radius 3 is 2.80 bits per heavy atom. The van der Waals surface area contributed by atoms with Crippen LogP contribution in [0.1, 0.15) is 10.6 Å². The molecule has 0 bridgehead atoms. The summed E-state index contributed by atoms with van der Waals surface area (Å²) in [6.45, 7) is -0.0909. The van der Waals surface area contributed by atoms with E-state index in [1.54, 1.807) is 36.4 Å². The molecule has 3 rings (SSSR count). The third-order valence-electron chi connectivity index (χ3n) is 3.44. The summed E-state index contributed by atoms with van der Waals surface area (Å²) in [5.74, 6) is 0.0957. The van der Waals surface area contributed by atoms with Crippen LogP contribution in [0.4, 0.5) is 5.69 Å². The SMILES string of the molecule is CNC(=O)COc1cccc(NC(=O)c2cc3cc(Br)ccc3o2)c1. The van der Waals surface area contributed by atoms with Crippen molar-refractivity contribution in [3.8, 4) is 5.75 Å². The molecule has 25 heavy (non-hydrogen) atoms. The Hall–Kier alpha value is -2.80. The van der Waals surface area contributed by atoms with Gasteiger partial charge in [-0.25, -0.2) is 0 Å². The number of hydrogen-bond donors (Lipinski definition) is 2. The molecule has 0 fully saturated rings. The number of rotatable bonds is 5. The highest BCUT2D eigenvalue weighted by Crippen LogP contribution is 2.24. The molecular weight excluding hydrogens is 388 g/mol. The number of amides is 2. The number of furan rings is 1. The van der Waals surface area contributed by atoms with Crippen LogP contribution in [0.5, 0.6) is 5.75 Å². The van der Waals surface area contributed by atoms with Gasteiger partial charge in [0.05, 0.1) is 0 Å². The minimum atomic E-state index is -0.365. The van der Waals surface area contributed by atoms with Crippen LogP contribution in [0.15, 0.2) is 57.4 Å². The van der Waals surface area contributed by atoms with Gasteiger partial charge in [0.25, 0.3) is 11.8 Å². The minimum absolute atomic E-state index is 0.0909. The topological polar surface area (TPSA) is 80.6 Å².